The highest BCUT2D eigenvalue weighted by atomic mass is 32.1. The van der Waals surface area contributed by atoms with E-state index in [1.54, 1.807) is 23.9 Å². The van der Waals surface area contributed by atoms with Gasteiger partial charge >= 0.3 is 0 Å². The number of hydrogen-bond acceptors (Lipinski definition) is 8. The van der Waals surface area contributed by atoms with Gasteiger partial charge in [-0.3, -0.25) is 0 Å². The average Bonchev–Trinajstić information content (AvgIpc) is 3.49. The summed E-state index contributed by atoms with van der Waals surface area (Å²) in [6, 6.07) is 15.8. The van der Waals surface area contributed by atoms with Crippen LogP contribution in [0.5, 0.6) is 11.5 Å². The smallest absolute Gasteiger partial charge is 0.187 e. The molecule has 2 aromatic carbocycles. The highest BCUT2D eigenvalue weighted by molar-refractivity contribution is 7.13. The number of imidazole rings is 1. The Morgan fingerprint density at radius 3 is 2.63 bits per heavy atom. The zero-order chi connectivity index (χ0) is 23.8. The van der Waals surface area contributed by atoms with E-state index in [0.717, 1.165) is 61.6 Å². The number of nitrogens with one attached hydrogen (secondary N) is 2. The Kier molecular flexibility index (Phi) is 5.23. The van der Waals surface area contributed by atoms with Crippen LogP contribution in [0.2, 0.25) is 0 Å². The summed E-state index contributed by atoms with van der Waals surface area (Å²) in [7, 11) is 0. The fourth-order valence-electron chi connectivity index (χ4n) is 3.83. The molecule has 0 saturated heterocycles. The van der Waals surface area contributed by atoms with Crippen LogP contribution in [-0.2, 0) is 0 Å². The van der Waals surface area contributed by atoms with Crippen molar-refractivity contribution in [3.63, 3.8) is 0 Å². The molecule has 172 valence electrons. The van der Waals surface area contributed by atoms with E-state index in [1.807, 2.05) is 84.6 Å². The van der Waals surface area contributed by atoms with Crippen LogP contribution in [0, 0.1) is 13.8 Å². The van der Waals surface area contributed by atoms with Gasteiger partial charge in [-0.05, 0) is 61.9 Å². The standard InChI is InChI=1S/C26H21N7OS/c1-16-11-18(4-6-23(16)34-20-7-9-33-10-8-27-24(33)13-20)31-25-21-12-19(3-5-22(21)28-15-29-25)32-26-30-17(2)14-35-26/h3-15H,1-2H3,(H,30,32)(H,28,29,31). The van der Waals surface area contributed by atoms with Crippen molar-refractivity contribution < 1.29 is 4.74 Å². The van der Waals surface area contributed by atoms with Crippen molar-refractivity contribution in [3.05, 3.63) is 90.1 Å². The Labute approximate surface area is 205 Å². The SMILES string of the molecule is Cc1csc(Nc2ccc3ncnc(Nc4ccc(Oc5ccn6ccnc6c5)c(C)c4)c3c2)n1. The zero-order valence-electron chi connectivity index (χ0n) is 19.1. The number of pyridine rings is 1. The summed E-state index contributed by atoms with van der Waals surface area (Å²) in [5.41, 5.74) is 5.53. The van der Waals surface area contributed by atoms with Crippen molar-refractivity contribution in [2.24, 2.45) is 0 Å². The van der Waals surface area contributed by atoms with Crippen molar-refractivity contribution in [2.75, 3.05) is 10.6 Å². The number of rotatable bonds is 6. The van der Waals surface area contributed by atoms with Gasteiger partial charge in [0.15, 0.2) is 5.13 Å². The third kappa shape index (κ3) is 4.36. The number of fused-ring (bicyclic) bond motifs is 2. The van der Waals surface area contributed by atoms with Gasteiger partial charge in [0.2, 0.25) is 0 Å². The van der Waals surface area contributed by atoms with Gasteiger partial charge in [0.05, 0.1) is 11.2 Å². The van der Waals surface area contributed by atoms with Crippen LogP contribution in [0.15, 0.2) is 78.8 Å². The van der Waals surface area contributed by atoms with E-state index < -0.39 is 0 Å². The van der Waals surface area contributed by atoms with Crippen LogP contribution in [0.3, 0.4) is 0 Å². The highest BCUT2D eigenvalue weighted by Gasteiger charge is 2.09. The first-order chi connectivity index (χ1) is 17.1. The summed E-state index contributed by atoms with van der Waals surface area (Å²) >= 11 is 1.58. The van der Waals surface area contributed by atoms with Gasteiger partial charge in [-0.15, -0.1) is 11.3 Å². The molecule has 0 aliphatic heterocycles. The van der Waals surface area contributed by atoms with Crippen molar-refractivity contribution >= 4 is 50.2 Å². The van der Waals surface area contributed by atoms with Gasteiger partial charge < -0.3 is 19.8 Å². The van der Waals surface area contributed by atoms with Crippen LogP contribution in [0.4, 0.5) is 22.3 Å². The summed E-state index contributed by atoms with van der Waals surface area (Å²) in [6.07, 6.45) is 7.17. The lowest BCUT2D eigenvalue weighted by Crippen LogP contribution is -1.98. The maximum atomic E-state index is 6.12. The molecule has 9 heteroatoms. The third-order valence-electron chi connectivity index (χ3n) is 5.54. The lowest BCUT2D eigenvalue weighted by atomic mass is 10.1. The molecule has 0 radical (unpaired) electrons. The fraction of sp³-hybridized carbons (Fsp3) is 0.0769. The first-order valence-electron chi connectivity index (χ1n) is 11.0. The minimum Gasteiger partial charge on any atom is -0.457 e. The highest BCUT2D eigenvalue weighted by Crippen LogP contribution is 2.31. The molecule has 0 unspecified atom stereocenters. The maximum Gasteiger partial charge on any atom is 0.187 e. The lowest BCUT2D eigenvalue weighted by molar-refractivity contribution is 0.478. The number of aryl methyl sites for hydroxylation is 2. The molecule has 0 spiro atoms. The molecule has 4 heterocycles. The summed E-state index contributed by atoms with van der Waals surface area (Å²) in [5.74, 6) is 2.25. The van der Waals surface area contributed by atoms with Crippen molar-refractivity contribution in [2.45, 2.75) is 13.8 Å². The summed E-state index contributed by atoms with van der Waals surface area (Å²) in [6.45, 7) is 4.00. The Morgan fingerprint density at radius 2 is 1.77 bits per heavy atom. The molecule has 0 aliphatic rings. The Hall–Kier alpha value is -4.50. The first kappa shape index (κ1) is 21.1. The number of aromatic nitrogens is 5. The molecule has 4 aromatic heterocycles. The van der Waals surface area contributed by atoms with Crippen LogP contribution in [-0.4, -0.2) is 24.3 Å². The fourth-order valence-corrected chi connectivity index (χ4v) is 4.54. The minimum absolute atomic E-state index is 0.729. The molecule has 6 rings (SSSR count). The molecule has 2 N–H and O–H groups in total. The molecular weight excluding hydrogens is 458 g/mol. The molecule has 35 heavy (non-hydrogen) atoms. The second-order valence-electron chi connectivity index (χ2n) is 8.14. The van der Waals surface area contributed by atoms with Gasteiger partial charge in [-0.1, -0.05) is 0 Å². The Morgan fingerprint density at radius 1 is 0.886 bits per heavy atom. The van der Waals surface area contributed by atoms with Crippen LogP contribution in [0.25, 0.3) is 16.6 Å². The topological polar surface area (TPSA) is 89.3 Å². The lowest BCUT2D eigenvalue weighted by Gasteiger charge is -2.13. The minimum atomic E-state index is 0.729. The van der Waals surface area contributed by atoms with E-state index in [0.29, 0.717) is 0 Å². The molecule has 0 atom stereocenters. The molecule has 0 amide bonds. The van der Waals surface area contributed by atoms with Crippen LogP contribution in [0.1, 0.15) is 11.3 Å². The molecule has 6 aromatic rings. The zero-order valence-corrected chi connectivity index (χ0v) is 19.9. The number of thiazole rings is 1. The second-order valence-corrected chi connectivity index (χ2v) is 8.99. The predicted octanol–water partition coefficient (Wildman–Crippen LogP) is 6.63. The predicted molar refractivity (Wildman–Crippen MR) is 139 cm³/mol. The Balaban J connectivity index is 1.25. The summed E-state index contributed by atoms with van der Waals surface area (Å²) in [5, 5.41) is 10.6. The van der Waals surface area contributed by atoms with E-state index >= 15 is 0 Å². The quantitative estimate of drug-likeness (QED) is 0.277. The summed E-state index contributed by atoms with van der Waals surface area (Å²) < 4.78 is 8.06. The Bertz CT molecular complexity index is 1670. The van der Waals surface area contributed by atoms with Crippen molar-refractivity contribution in [1.29, 1.82) is 0 Å². The van der Waals surface area contributed by atoms with Gasteiger partial charge in [0.25, 0.3) is 0 Å². The largest absolute Gasteiger partial charge is 0.457 e. The van der Waals surface area contributed by atoms with Crippen LogP contribution >= 0.6 is 11.3 Å². The van der Waals surface area contributed by atoms with Crippen LogP contribution < -0.4 is 15.4 Å². The third-order valence-corrected chi connectivity index (χ3v) is 6.42. The van der Waals surface area contributed by atoms with Gasteiger partial charge in [-0.25, -0.2) is 19.9 Å². The molecular formula is C26H21N7OS. The maximum absolute atomic E-state index is 6.12. The number of nitrogens with zero attached hydrogens (tertiary/aromatic N) is 5. The number of anilines is 4. The van der Waals surface area contributed by atoms with Crippen molar-refractivity contribution in [3.8, 4) is 11.5 Å². The van der Waals surface area contributed by atoms with E-state index in [4.69, 9.17) is 4.74 Å². The molecule has 0 fully saturated rings. The van der Waals surface area contributed by atoms with E-state index in [2.05, 4.69) is 30.6 Å². The molecule has 8 nitrogen and oxygen atoms in total. The number of ether oxygens (including phenoxy) is 1. The van der Waals surface area contributed by atoms with Crippen molar-refractivity contribution in [1.82, 2.24) is 24.3 Å². The normalized spacial score (nSPS) is 11.1. The second kappa shape index (κ2) is 8.69. The first-order valence-corrected chi connectivity index (χ1v) is 11.9. The van der Waals surface area contributed by atoms with E-state index in [1.165, 1.54) is 0 Å². The molecule has 0 bridgehead atoms. The van der Waals surface area contributed by atoms with E-state index in [9.17, 15) is 0 Å². The van der Waals surface area contributed by atoms with Gasteiger partial charge in [0.1, 0.15) is 29.3 Å². The number of hydrogen-bond donors (Lipinski definition) is 2. The number of benzene rings is 2. The molecule has 0 aliphatic carbocycles. The summed E-state index contributed by atoms with van der Waals surface area (Å²) in [4.78, 5) is 17.7. The van der Waals surface area contributed by atoms with E-state index in [-0.39, 0.29) is 0 Å². The average molecular weight is 480 g/mol. The molecule has 0 saturated carbocycles. The monoisotopic (exact) mass is 479 g/mol. The van der Waals surface area contributed by atoms with Gasteiger partial charge in [-0.2, -0.15) is 0 Å². The van der Waals surface area contributed by atoms with Gasteiger partial charge in [0, 0.05) is 46.8 Å².